The third kappa shape index (κ3) is 5.17. The van der Waals surface area contributed by atoms with Crippen molar-refractivity contribution < 1.29 is 14.0 Å². The maximum atomic E-state index is 9.97. The van der Waals surface area contributed by atoms with Crippen LogP contribution in [0.3, 0.4) is 0 Å². The summed E-state index contributed by atoms with van der Waals surface area (Å²) in [6.45, 7) is 0. The SMILES string of the molecule is [2H]c1c([2H])c([2H])c2c(c1[2H])c1c([2H])c(-c3ccc4c(c3)c3cccc(-c5ccccc5)c3n4-c3ccc(-c4cccc5ccccc45)cc3)c([2H])c([2H])c1n2-c1ccc2c(c1)oc1ccccc12. The molecule has 13 aromatic rings. The van der Waals surface area contributed by atoms with Gasteiger partial charge in [0.05, 0.1) is 31.7 Å². The Kier molecular flexibility index (Phi) is 5.95. The molecule has 3 heterocycles. The highest BCUT2D eigenvalue weighted by molar-refractivity contribution is 6.16. The minimum atomic E-state index is -0.440. The number of fused-ring (bicyclic) bond motifs is 10. The molecule has 0 unspecified atom stereocenters. The minimum absolute atomic E-state index is 0.100. The molecule has 0 N–H and O–H groups in total. The molecule has 0 saturated carbocycles. The second kappa shape index (κ2) is 13.2. The molecule has 10 aromatic carbocycles. The van der Waals surface area contributed by atoms with Crippen molar-refractivity contribution in [2.75, 3.05) is 0 Å². The molecule has 0 amide bonds. The quantitative estimate of drug-likeness (QED) is 0.170. The van der Waals surface area contributed by atoms with E-state index in [4.69, 9.17) is 7.16 Å². The van der Waals surface area contributed by atoms with Crippen LogP contribution in [-0.2, 0) is 0 Å². The lowest BCUT2D eigenvalue weighted by Gasteiger charge is -2.13. The van der Waals surface area contributed by atoms with Crippen molar-refractivity contribution in [1.29, 1.82) is 0 Å². The van der Waals surface area contributed by atoms with Crippen LogP contribution >= 0.6 is 0 Å². The van der Waals surface area contributed by atoms with Gasteiger partial charge in [0, 0.05) is 55.3 Å². The summed E-state index contributed by atoms with van der Waals surface area (Å²) < 4.78 is 75.4. The zero-order valence-electron chi connectivity index (χ0n) is 39.5. The van der Waals surface area contributed by atoms with E-state index in [1.807, 2.05) is 72.8 Å². The van der Waals surface area contributed by atoms with Gasteiger partial charge in [0.1, 0.15) is 11.2 Å². The van der Waals surface area contributed by atoms with Crippen LogP contribution in [0.2, 0.25) is 0 Å². The molecule has 0 aliphatic rings. The van der Waals surface area contributed by atoms with Crippen LogP contribution in [0.5, 0.6) is 0 Å². The highest BCUT2D eigenvalue weighted by atomic mass is 16.3. The Hall–Kier alpha value is -8.14. The van der Waals surface area contributed by atoms with Crippen molar-refractivity contribution in [2.24, 2.45) is 0 Å². The van der Waals surface area contributed by atoms with E-state index >= 15 is 0 Å². The smallest absolute Gasteiger partial charge is 0.137 e. The fraction of sp³-hybridized carbons (Fsp3) is 0. The molecular weight excluding hydrogens is 741 g/mol. The largest absolute Gasteiger partial charge is 0.456 e. The zero-order valence-corrected chi connectivity index (χ0v) is 32.5. The lowest BCUT2D eigenvalue weighted by molar-refractivity contribution is 0.668. The zero-order chi connectivity index (χ0) is 46.1. The first-order valence-corrected chi connectivity index (χ1v) is 20.4. The van der Waals surface area contributed by atoms with Gasteiger partial charge in [-0.1, -0.05) is 152 Å². The van der Waals surface area contributed by atoms with Crippen LogP contribution in [0.4, 0.5) is 0 Å². The van der Waals surface area contributed by atoms with Crippen LogP contribution in [0.1, 0.15) is 9.60 Å². The highest BCUT2D eigenvalue weighted by Gasteiger charge is 2.19. The number of aromatic nitrogens is 2. The molecule has 0 saturated heterocycles. The summed E-state index contributed by atoms with van der Waals surface area (Å²) in [5.74, 6) is 0. The molecule has 0 aliphatic carbocycles. The number of rotatable bonds is 5. The second-order valence-electron chi connectivity index (χ2n) is 15.5. The van der Waals surface area contributed by atoms with E-state index in [-0.39, 0.29) is 57.6 Å². The van der Waals surface area contributed by atoms with Crippen molar-refractivity contribution in [3.05, 3.63) is 218 Å². The van der Waals surface area contributed by atoms with Crippen molar-refractivity contribution in [3.63, 3.8) is 0 Å². The van der Waals surface area contributed by atoms with E-state index in [0.717, 1.165) is 60.5 Å². The number of hydrogen-bond donors (Lipinski definition) is 0. The fourth-order valence-corrected chi connectivity index (χ4v) is 9.38. The highest BCUT2D eigenvalue weighted by Crippen LogP contribution is 2.42. The van der Waals surface area contributed by atoms with Crippen molar-refractivity contribution in [2.45, 2.75) is 0 Å². The van der Waals surface area contributed by atoms with Gasteiger partial charge in [-0.3, -0.25) is 0 Å². The normalized spacial score (nSPS) is 13.5. The summed E-state index contributed by atoms with van der Waals surface area (Å²) in [5, 5.41) is 6.31. The summed E-state index contributed by atoms with van der Waals surface area (Å²) >= 11 is 0. The number of nitrogens with zero attached hydrogens (tertiary/aromatic N) is 2. The third-order valence-corrected chi connectivity index (χ3v) is 12.2. The summed E-state index contributed by atoms with van der Waals surface area (Å²) in [5.41, 5.74) is 9.99. The molecule has 0 bridgehead atoms. The molecule has 3 heteroatoms. The molecular formula is C58H36N2O. The van der Waals surface area contributed by atoms with E-state index in [1.54, 1.807) is 10.6 Å². The Morgan fingerprint density at radius 2 is 1.05 bits per heavy atom. The fourth-order valence-electron chi connectivity index (χ4n) is 9.38. The van der Waals surface area contributed by atoms with Gasteiger partial charge in [0.25, 0.3) is 0 Å². The Labute approximate surface area is 361 Å². The maximum Gasteiger partial charge on any atom is 0.137 e. The topological polar surface area (TPSA) is 23.0 Å². The van der Waals surface area contributed by atoms with Crippen molar-refractivity contribution in [3.8, 4) is 44.8 Å². The maximum absolute atomic E-state index is 9.97. The molecule has 61 heavy (non-hydrogen) atoms. The predicted octanol–water partition coefficient (Wildman–Crippen LogP) is 15.9. The molecule has 0 spiro atoms. The number of para-hydroxylation sites is 3. The second-order valence-corrected chi connectivity index (χ2v) is 15.5. The number of hydrogen-bond acceptors (Lipinski definition) is 1. The van der Waals surface area contributed by atoms with E-state index in [2.05, 4.69) is 102 Å². The summed E-state index contributed by atoms with van der Waals surface area (Å²) in [7, 11) is 0. The van der Waals surface area contributed by atoms with Gasteiger partial charge in [-0.2, -0.15) is 0 Å². The first-order valence-electron chi connectivity index (χ1n) is 23.9. The number of benzene rings is 10. The first kappa shape index (κ1) is 27.5. The Bertz CT molecular complexity index is 4280. The summed E-state index contributed by atoms with van der Waals surface area (Å²) in [6.07, 6.45) is 0. The van der Waals surface area contributed by atoms with Crippen LogP contribution in [0.15, 0.2) is 223 Å². The third-order valence-electron chi connectivity index (χ3n) is 12.2. The van der Waals surface area contributed by atoms with Gasteiger partial charge in [0.2, 0.25) is 0 Å². The minimum Gasteiger partial charge on any atom is -0.456 e. The monoisotopic (exact) mass is 783 g/mol. The van der Waals surface area contributed by atoms with Crippen molar-refractivity contribution in [1.82, 2.24) is 9.13 Å². The van der Waals surface area contributed by atoms with Crippen LogP contribution in [0.25, 0.3) is 121 Å². The van der Waals surface area contributed by atoms with Gasteiger partial charge >= 0.3 is 0 Å². The molecule has 0 aliphatic heterocycles. The van der Waals surface area contributed by atoms with Crippen LogP contribution < -0.4 is 0 Å². The average molecular weight is 784 g/mol. The van der Waals surface area contributed by atoms with E-state index in [0.29, 0.717) is 22.4 Å². The van der Waals surface area contributed by atoms with Gasteiger partial charge < -0.3 is 13.6 Å². The Morgan fingerprint density at radius 3 is 1.97 bits per heavy atom. The molecule has 284 valence electrons. The summed E-state index contributed by atoms with van der Waals surface area (Å²) in [6, 6.07) is 57.1. The van der Waals surface area contributed by atoms with E-state index < -0.39 is 12.1 Å². The molecule has 3 aromatic heterocycles. The molecule has 3 nitrogen and oxygen atoms in total. The van der Waals surface area contributed by atoms with Gasteiger partial charge in [0.15, 0.2) is 0 Å². The lowest BCUT2D eigenvalue weighted by Crippen LogP contribution is -1.96. The number of furan rings is 1. The Morgan fingerprint density at radius 1 is 0.361 bits per heavy atom. The van der Waals surface area contributed by atoms with Gasteiger partial charge in [-0.25, -0.2) is 0 Å². The average Bonchev–Trinajstić information content (AvgIpc) is 4.05. The standard InChI is InChI=1S/C58H36N2O/c1-2-12-38(13-3-1)46-20-11-21-50-52-35-41(27-33-55(52)60(58(46)50)42-28-24-39(25-29-42)45-19-10-15-37-14-4-5-16-44(37)45)40-26-32-54-51(34-40)47-17-6-8-22-53(47)59(54)43-30-31-49-48-18-7-9-23-56(48)61-57(49)36-43/h1-36H/i6D,8D,17D,22D,26D,32D,34D. The van der Waals surface area contributed by atoms with E-state index in [1.165, 1.54) is 10.8 Å². The van der Waals surface area contributed by atoms with Crippen LogP contribution in [0, 0.1) is 0 Å². The van der Waals surface area contributed by atoms with Crippen molar-refractivity contribution >= 4 is 76.3 Å². The molecule has 0 fully saturated rings. The van der Waals surface area contributed by atoms with Gasteiger partial charge in [-0.15, -0.1) is 0 Å². The molecule has 13 rings (SSSR count). The Balaban J connectivity index is 1.05. The van der Waals surface area contributed by atoms with Gasteiger partial charge in [-0.05, 0) is 99.2 Å². The predicted molar refractivity (Wildman–Crippen MR) is 256 cm³/mol. The first-order chi connectivity index (χ1) is 33.2. The van der Waals surface area contributed by atoms with Crippen LogP contribution in [-0.4, -0.2) is 9.13 Å². The molecule has 0 atom stereocenters. The lowest BCUT2D eigenvalue weighted by atomic mass is 9.98. The molecule has 0 radical (unpaired) electrons. The summed E-state index contributed by atoms with van der Waals surface area (Å²) in [4.78, 5) is 0. The van der Waals surface area contributed by atoms with E-state index in [9.17, 15) is 6.85 Å².